The summed E-state index contributed by atoms with van der Waals surface area (Å²) in [5.74, 6) is -0.205. The number of nitrogens with zero attached hydrogens (tertiary/aromatic N) is 2. The van der Waals surface area contributed by atoms with Crippen LogP contribution in [0.3, 0.4) is 0 Å². The minimum atomic E-state index is -0.205. The van der Waals surface area contributed by atoms with E-state index >= 15 is 0 Å². The normalized spacial score (nSPS) is 13.3. The summed E-state index contributed by atoms with van der Waals surface area (Å²) in [6.07, 6.45) is 4.19. The maximum absolute atomic E-state index is 12.5. The molecule has 0 unspecified atom stereocenters. The molecule has 5 heteroatoms. The number of nitrogens with one attached hydrogen (secondary N) is 2. The largest absolute Gasteiger partial charge is 0.380 e. The fraction of sp³-hybridized carbons (Fsp3) is 0.250. The Labute approximate surface area is 171 Å². The van der Waals surface area contributed by atoms with Crippen LogP contribution in [0.2, 0.25) is 0 Å². The Bertz CT molecular complexity index is 944. The molecular weight excluding hydrogens is 360 g/mol. The van der Waals surface area contributed by atoms with Gasteiger partial charge in [0, 0.05) is 31.0 Å². The number of aromatic nitrogens is 1. The highest BCUT2D eigenvalue weighted by molar-refractivity contribution is 6.03. The third kappa shape index (κ3) is 4.93. The minimum Gasteiger partial charge on any atom is -0.380 e. The van der Waals surface area contributed by atoms with E-state index in [9.17, 15) is 4.79 Å². The van der Waals surface area contributed by atoms with Crippen LogP contribution in [0, 0.1) is 6.92 Å². The first kappa shape index (κ1) is 19.0. The smallest absolute Gasteiger partial charge is 0.274 e. The molecule has 5 nitrogen and oxygen atoms in total. The van der Waals surface area contributed by atoms with E-state index in [1.165, 1.54) is 29.7 Å². The van der Waals surface area contributed by atoms with E-state index in [0.29, 0.717) is 5.69 Å². The summed E-state index contributed by atoms with van der Waals surface area (Å²) >= 11 is 0. The van der Waals surface area contributed by atoms with Gasteiger partial charge in [0.2, 0.25) is 0 Å². The number of aryl methyl sites for hydroxylation is 1. The molecule has 0 aliphatic carbocycles. The van der Waals surface area contributed by atoms with Crippen LogP contribution in [0.4, 0.5) is 17.1 Å². The van der Waals surface area contributed by atoms with Crippen LogP contribution in [0.1, 0.15) is 34.5 Å². The molecule has 2 N–H and O–H groups in total. The molecule has 29 heavy (non-hydrogen) atoms. The lowest BCUT2D eigenvalue weighted by molar-refractivity contribution is 0.102. The fourth-order valence-corrected chi connectivity index (χ4v) is 3.47. The minimum absolute atomic E-state index is 0.205. The Hall–Kier alpha value is -3.34. The molecular formula is C24H26N4O. The number of rotatable bonds is 6. The number of anilines is 3. The highest BCUT2D eigenvalue weighted by Crippen LogP contribution is 2.22. The zero-order chi connectivity index (χ0) is 20.1. The number of carbonyl (C=O) groups excluding carboxylic acids is 1. The Morgan fingerprint density at radius 1 is 0.931 bits per heavy atom. The van der Waals surface area contributed by atoms with Crippen molar-refractivity contribution in [1.82, 2.24) is 4.98 Å². The van der Waals surface area contributed by atoms with Crippen molar-refractivity contribution in [3.05, 3.63) is 83.7 Å². The van der Waals surface area contributed by atoms with Crippen molar-refractivity contribution >= 4 is 23.0 Å². The van der Waals surface area contributed by atoms with E-state index in [1.807, 2.05) is 18.2 Å². The molecule has 1 amide bonds. The van der Waals surface area contributed by atoms with Crippen LogP contribution in [0.5, 0.6) is 0 Å². The van der Waals surface area contributed by atoms with E-state index in [0.717, 1.165) is 31.0 Å². The van der Waals surface area contributed by atoms with Crippen LogP contribution in [-0.2, 0) is 6.54 Å². The zero-order valence-electron chi connectivity index (χ0n) is 16.7. The molecule has 0 atom stereocenters. The van der Waals surface area contributed by atoms with Crippen LogP contribution < -0.4 is 15.5 Å². The number of hydrogen-bond acceptors (Lipinski definition) is 4. The van der Waals surface area contributed by atoms with Crippen molar-refractivity contribution in [2.75, 3.05) is 28.6 Å². The van der Waals surface area contributed by atoms with Crippen molar-refractivity contribution in [3.8, 4) is 0 Å². The summed E-state index contributed by atoms with van der Waals surface area (Å²) < 4.78 is 0. The molecule has 0 saturated carbocycles. The second-order valence-corrected chi connectivity index (χ2v) is 7.47. The van der Waals surface area contributed by atoms with Gasteiger partial charge < -0.3 is 15.5 Å². The van der Waals surface area contributed by atoms with E-state index in [4.69, 9.17) is 0 Å². The molecule has 1 fully saturated rings. The molecule has 1 aromatic heterocycles. The van der Waals surface area contributed by atoms with Gasteiger partial charge in [-0.15, -0.1) is 0 Å². The van der Waals surface area contributed by atoms with Crippen LogP contribution >= 0.6 is 0 Å². The predicted octanol–water partition coefficient (Wildman–Crippen LogP) is 4.85. The first-order valence-corrected chi connectivity index (χ1v) is 10.1. The molecule has 1 saturated heterocycles. The predicted molar refractivity (Wildman–Crippen MR) is 119 cm³/mol. The zero-order valence-corrected chi connectivity index (χ0v) is 16.7. The maximum atomic E-state index is 12.5. The summed E-state index contributed by atoms with van der Waals surface area (Å²) in [7, 11) is 0. The monoisotopic (exact) mass is 386 g/mol. The van der Waals surface area contributed by atoms with E-state index in [2.05, 4.69) is 63.8 Å². The highest BCUT2D eigenvalue weighted by Gasteiger charge is 2.12. The van der Waals surface area contributed by atoms with Crippen LogP contribution in [-0.4, -0.2) is 24.0 Å². The van der Waals surface area contributed by atoms with E-state index in [-0.39, 0.29) is 5.91 Å². The number of amides is 1. The molecule has 3 aromatic rings. The Kier molecular flexibility index (Phi) is 5.75. The SMILES string of the molecule is Cc1ccc(CNc2ccc(C(=O)Nc3ccc(N4CCCC4)cc3)nc2)cc1. The molecule has 4 rings (SSSR count). The number of hydrogen-bond donors (Lipinski definition) is 2. The summed E-state index contributed by atoms with van der Waals surface area (Å²) in [5.41, 5.74) is 5.72. The first-order chi connectivity index (χ1) is 14.2. The standard InChI is InChI=1S/C24H26N4O/c1-18-4-6-19(7-5-18)16-25-21-10-13-23(26-17-21)24(29)27-20-8-11-22(12-9-20)28-14-2-3-15-28/h4-13,17,25H,2-3,14-16H2,1H3,(H,27,29). The van der Waals surface area contributed by atoms with Gasteiger partial charge in [-0.05, 0) is 61.7 Å². The Balaban J connectivity index is 1.32. The number of carbonyl (C=O) groups is 1. The molecule has 0 bridgehead atoms. The second-order valence-electron chi connectivity index (χ2n) is 7.47. The van der Waals surface area contributed by atoms with Gasteiger partial charge in [0.25, 0.3) is 5.91 Å². The van der Waals surface area contributed by atoms with Gasteiger partial charge in [-0.25, -0.2) is 4.98 Å². The fourth-order valence-electron chi connectivity index (χ4n) is 3.47. The van der Waals surface area contributed by atoms with Crippen molar-refractivity contribution < 1.29 is 4.79 Å². The molecule has 2 aromatic carbocycles. The van der Waals surface area contributed by atoms with Crippen molar-refractivity contribution in [1.29, 1.82) is 0 Å². The van der Waals surface area contributed by atoms with E-state index < -0.39 is 0 Å². The average Bonchev–Trinajstić information content (AvgIpc) is 3.29. The van der Waals surface area contributed by atoms with Gasteiger partial charge in [-0.2, -0.15) is 0 Å². The lowest BCUT2D eigenvalue weighted by atomic mass is 10.1. The lowest BCUT2D eigenvalue weighted by Crippen LogP contribution is -2.17. The van der Waals surface area contributed by atoms with E-state index in [1.54, 1.807) is 12.3 Å². The van der Waals surface area contributed by atoms with Gasteiger partial charge in [0.1, 0.15) is 5.69 Å². The molecule has 148 valence electrons. The second kappa shape index (κ2) is 8.78. The average molecular weight is 386 g/mol. The van der Waals surface area contributed by atoms with Gasteiger partial charge in [-0.3, -0.25) is 4.79 Å². The third-order valence-electron chi connectivity index (χ3n) is 5.21. The summed E-state index contributed by atoms with van der Waals surface area (Å²) in [5, 5.41) is 6.25. The Morgan fingerprint density at radius 2 is 1.62 bits per heavy atom. The third-order valence-corrected chi connectivity index (χ3v) is 5.21. The van der Waals surface area contributed by atoms with Crippen molar-refractivity contribution in [3.63, 3.8) is 0 Å². The molecule has 0 radical (unpaired) electrons. The summed E-state index contributed by atoms with van der Waals surface area (Å²) in [4.78, 5) is 19.1. The van der Waals surface area contributed by atoms with Gasteiger partial charge in [-0.1, -0.05) is 29.8 Å². The van der Waals surface area contributed by atoms with Gasteiger partial charge >= 0.3 is 0 Å². The van der Waals surface area contributed by atoms with Crippen molar-refractivity contribution in [2.24, 2.45) is 0 Å². The quantitative estimate of drug-likeness (QED) is 0.636. The molecule has 1 aliphatic rings. The van der Waals surface area contributed by atoms with Gasteiger partial charge in [0.05, 0.1) is 11.9 Å². The number of pyridine rings is 1. The summed E-state index contributed by atoms with van der Waals surface area (Å²) in [6, 6.07) is 20.0. The lowest BCUT2D eigenvalue weighted by Gasteiger charge is -2.17. The molecule has 0 spiro atoms. The first-order valence-electron chi connectivity index (χ1n) is 10.1. The number of benzene rings is 2. The highest BCUT2D eigenvalue weighted by atomic mass is 16.1. The van der Waals surface area contributed by atoms with Gasteiger partial charge in [0.15, 0.2) is 0 Å². The molecule has 2 heterocycles. The summed E-state index contributed by atoms with van der Waals surface area (Å²) in [6.45, 7) is 5.02. The maximum Gasteiger partial charge on any atom is 0.274 e. The van der Waals surface area contributed by atoms with Crippen LogP contribution in [0.15, 0.2) is 66.9 Å². The topological polar surface area (TPSA) is 57.3 Å². The van der Waals surface area contributed by atoms with Crippen LogP contribution in [0.25, 0.3) is 0 Å². The Morgan fingerprint density at radius 3 is 2.28 bits per heavy atom. The molecule has 1 aliphatic heterocycles. The van der Waals surface area contributed by atoms with Crippen molar-refractivity contribution in [2.45, 2.75) is 26.3 Å².